The number of rotatable bonds is 8. The van der Waals surface area contributed by atoms with Gasteiger partial charge in [0.1, 0.15) is 0 Å². The van der Waals surface area contributed by atoms with Crippen LogP contribution in [0.4, 0.5) is 4.79 Å². The maximum Gasteiger partial charge on any atom is 0.323 e. The van der Waals surface area contributed by atoms with Crippen molar-refractivity contribution in [1.82, 2.24) is 9.80 Å². The van der Waals surface area contributed by atoms with Crippen molar-refractivity contribution in [2.24, 2.45) is 5.92 Å². The smallest absolute Gasteiger partial charge is 0.323 e. The SMILES string of the molecule is C=CC(C)C/C=C(\C)N(C)C(=O)N(C)C(C)C/C=C(/C)CC. The van der Waals surface area contributed by atoms with Crippen molar-refractivity contribution in [2.45, 2.75) is 59.9 Å². The van der Waals surface area contributed by atoms with Crippen molar-refractivity contribution in [3.63, 3.8) is 0 Å². The average Bonchev–Trinajstić information content (AvgIpc) is 2.54. The molecule has 0 aliphatic rings. The van der Waals surface area contributed by atoms with Crippen LogP contribution >= 0.6 is 0 Å². The molecule has 0 heterocycles. The molecule has 0 aliphatic carbocycles. The molecule has 0 aromatic rings. The van der Waals surface area contributed by atoms with Crippen LogP contribution in [-0.2, 0) is 0 Å². The van der Waals surface area contributed by atoms with Crippen LogP contribution < -0.4 is 0 Å². The fourth-order valence-corrected chi connectivity index (χ4v) is 1.84. The highest BCUT2D eigenvalue weighted by molar-refractivity contribution is 5.76. The van der Waals surface area contributed by atoms with Gasteiger partial charge in [-0.25, -0.2) is 4.79 Å². The summed E-state index contributed by atoms with van der Waals surface area (Å²) >= 11 is 0. The van der Waals surface area contributed by atoms with Gasteiger partial charge >= 0.3 is 6.03 Å². The first kappa shape index (κ1) is 20.5. The minimum Gasteiger partial charge on any atom is -0.324 e. The summed E-state index contributed by atoms with van der Waals surface area (Å²) in [7, 11) is 3.71. The minimum absolute atomic E-state index is 0.0371. The van der Waals surface area contributed by atoms with Gasteiger partial charge in [0, 0.05) is 25.8 Å². The molecule has 0 radical (unpaired) electrons. The Morgan fingerprint density at radius 1 is 1.14 bits per heavy atom. The lowest BCUT2D eigenvalue weighted by Gasteiger charge is -2.30. The molecule has 0 aromatic heterocycles. The summed E-state index contributed by atoms with van der Waals surface area (Å²) in [5.74, 6) is 0.428. The highest BCUT2D eigenvalue weighted by Gasteiger charge is 2.19. The van der Waals surface area contributed by atoms with Gasteiger partial charge < -0.3 is 9.80 Å². The van der Waals surface area contributed by atoms with Crippen molar-refractivity contribution in [3.8, 4) is 0 Å². The number of urea groups is 1. The van der Waals surface area contributed by atoms with Crippen molar-refractivity contribution in [1.29, 1.82) is 0 Å². The van der Waals surface area contributed by atoms with Crippen molar-refractivity contribution in [3.05, 3.63) is 36.1 Å². The van der Waals surface area contributed by atoms with Gasteiger partial charge in [0.15, 0.2) is 0 Å². The van der Waals surface area contributed by atoms with Crippen LogP contribution in [0.5, 0.6) is 0 Å². The van der Waals surface area contributed by atoms with E-state index in [-0.39, 0.29) is 12.1 Å². The second-order valence-electron chi connectivity index (χ2n) is 6.24. The molecule has 2 amide bonds. The van der Waals surface area contributed by atoms with Crippen LogP contribution in [0.3, 0.4) is 0 Å². The number of hydrogen-bond donors (Lipinski definition) is 0. The zero-order chi connectivity index (χ0) is 17.3. The van der Waals surface area contributed by atoms with Crippen LogP contribution in [0.15, 0.2) is 36.1 Å². The second-order valence-corrected chi connectivity index (χ2v) is 6.24. The monoisotopic (exact) mass is 306 g/mol. The molecule has 0 saturated carbocycles. The zero-order valence-corrected chi connectivity index (χ0v) is 15.5. The Morgan fingerprint density at radius 3 is 2.23 bits per heavy atom. The summed E-state index contributed by atoms with van der Waals surface area (Å²) in [6, 6.07) is 0.228. The Bertz CT molecular complexity index is 423. The van der Waals surface area contributed by atoms with Gasteiger partial charge in [-0.15, -0.1) is 6.58 Å². The lowest BCUT2D eigenvalue weighted by Crippen LogP contribution is -2.42. The summed E-state index contributed by atoms with van der Waals surface area (Å²) in [5.41, 5.74) is 2.36. The number of allylic oxidation sites excluding steroid dienone is 4. The van der Waals surface area contributed by atoms with E-state index in [0.717, 1.165) is 25.0 Å². The minimum atomic E-state index is 0.0371. The van der Waals surface area contributed by atoms with Crippen molar-refractivity contribution >= 4 is 6.03 Å². The molecular weight excluding hydrogens is 272 g/mol. The molecule has 0 bridgehead atoms. The quantitative estimate of drug-likeness (QED) is 0.564. The normalized spacial score (nSPS) is 15.2. The Labute approximate surface area is 137 Å². The van der Waals surface area contributed by atoms with Crippen LogP contribution in [0, 0.1) is 5.92 Å². The van der Waals surface area contributed by atoms with Crippen LogP contribution in [0.25, 0.3) is 0 Å². The Morgan fingerprint density at radius 2 is 1.73 bits per heavy atom. The molecule has 0 saturated heterocycles. The molecule has 0 N–H and O–H groups in total. The Hall–Kier alpha value is -1.51. The Kier molecular flexibility index (Phi) is 9.55. The lowest BCUT2D eigenvalue weighted by atomic mass is 10.1. The van der Waals surface area contributed by atoms with E-state index in [1.165, 1.54) is 5.57 Å². The molecule has 0 aliphatic heterocycles. The highest BCUT2D eigenvalue weighted by Crippen LogP contribution is 2.13. The molecule has 2 unspecified atom stereocenters. The summed E-state index contributed by atoms with van der Waals surface area (Å²) in [6.07, 6.45) is 9.12. The molecule has 0 fully saturated rings. The van der Waals surface area contributed by atoms with E-state index >= 15 is 0 Å². The summed E-state index contributed by atoms with van der Waals surface area (Å²) < 4.78 is 0. The van der Waals surface area contributed by atoms with E-state index in [9.17, 15) is 4.79 Å². The van der Waals surface area contributed by atoms with Crippen LogP contribution in [0.2, 0.25) is 0 Å². The molecule has 0 spiro atoms. The highest BCUT2D eigenvalue weighted by atomic mass is 16.2. The van der Waals surface area contributed by atoms with Crippen LogP contribution in [0.1, 0.15) is 53.9 Å². The third-order valence-corrected chi connectivity index (χ3v) is 4.33. The van der Waals surface area contributed by atoms with Crippen molar-refractivity contribution in [2.75, 3.05) is 14.1 Å². The van der Waals surface area contributed by atoms with Gasteiger partial charge in [-0.1, -0.05) is 37.6 Å². The molecule has 2 atom stereocenters. The maximum atomic E-state index is 12.5. The molecule has 22 heavy (non-hydrogen) atoms. The predicted molar refractivity (Wildman–Crippen MR) is 96.8 cm³/mol. The molecular formula is C19H34N2O. The largest absolute Gasteiger partial charge is 0.324 e. The zero-order valence-electron chi connectivity index (χ0n) is 15.5. The predicted octanol–water partition coefficient (Wildman–Crippen LogP) is 5.22. The first-order valence-electron chi connectivity index (χ1n) is 8.19. The van der Waals surface area contributed by atoms with Gasteiger partial charge in [0.25, 0.3) is 0 Å². The fraction of sp³-hybridized carbons (Fsp3) is 0.632. The standard InChI is InChI=1S/C19H34N2O/c1-9-15(3)11-13-17(5)20(7)19(22)21(8)18(6)14-12-16(4)10-2/h9,12-13,15,18H,1,10-11,14H2,2-8H3/b16-12-,17-13+. The topological polar surface area (TPSA) is 23.6 Å². The lowest BCUT2D eigenvalue weighted by molar-refractivity contribution is 0.169. The van der Waals surface area contributed by atoms with E-state index < -0.39 is 0 Å². The fourth-order valence-electron chi connectivity index (χ4n) is 1.84. The number of carbonyl (C=O) groups is 1. The van der Waals surface area contributed by atoms with E-state index in [2.05, 4.69) is 46.4 Å². The summed E-state index contributed by atoms with van der Waals surface area (Å²) in [5, 5.41) is 0. The van der Waals surface area contributed by atoms with Gasteiger partial charge in [0.2, 0.25) is 0 Å². The molecule has 3 heteroatoms. The third-order valence-electron chi connectivity index (χ3n) is 4.33. The number of nitrogens with zero attached hydrogens (tertiary/aromatic N) is 2. The molecule has 126 valence electrons. The number of hydrogen-bond acceptors (Lipinski definition) is 1. The first-order valence-corrected chi connectivity index (χ1v) is 8.19. The third kappa shape index (κ3) is 6.97. The number of amides is 2. The van der Waals surface area contributed by atoms with E-state index in [4.69, 9.17) is 0 Å². The average molecular weight is 306 g/mol. The van der Waals surface area contributed by atoms with E-state index in [1.807, 2.05) is 32.0 Å². The van der Waals surface area contributed by atoms with Gasteiger partial charge in [0.05, 0.1) is 0 Å². The Balaban J connectivity index is 4.69. The van der Waals surface area contributed by atoms with E-state index in [0.29, 0.717) is 5.92 Å². The first-order chi connectivity index (χ1) is 10.2. The number of carbonyl (C=O) groups excluding carboxylic acids is 1. The van der Waals surface area contributed by atoms with Gasteiger partial charge in [-0.3, -0.25) is 0 Å². The maximum absolute atomic E-state index is 12.5. The van der Waals surface area contributed by atoms with E-state index in [1.54, 1.807) is 4.90 Å². The molecule has 3 nitrogen and oxygen atoms in total. The summed E-state index contributed by atoms with van der Waals surface area (Å²) in [4.78, 5) is 16.1. The molecule has 0 rings (SSSR count). The second kappa shape index (κ2) is 10.3. The van der Waals surface area contributed by atoms with Gasteiger partial charge in [-0.05, 0) is 46.0 Å². The molecule has 0 aromatic carbocycles. The van der Waals surface area contributed by atoms with Crippen LogP contribution in [-0.4, -0.2) is 36.0 Å². The van der Waals surface area contributed by atoms with Crippen molar-refractivity contribution < 1.29 is 4.79 Å². The summed E-state index contributed by atoms with van der Waals surface area (Å²) in [6.45, 7) is 14.3. The van der Waals surface area contributed by atoms with Gasteiger partial charge in [-0.2, -0.15) is 0 Å².